The van der Waals surface area contributed by atoms with Crippen molar-refractivity contribution in [2.24, 2.45) is 0 Å². The van der Waals surface area contributed by atoms with Gasteiger partial charge in [0.15, 0.2) is 19.5 Å². The van der Waals surface area contributed by atoms with Gasteiger partial charge in [0.1, 0.15) is 0 Å². The molecule has 8 heteroatoms. The van der Waals surface area contributed by atoms with Crippen LogP contribution in [0.3, 0.4) is 0 Å². The third-order valence-corrected chi connectivity index (χ3v) is 5.76. The van der Waals surface area contributed by atoms with E-state index in [4.69, 9.17) is 14.2 Å². The summed E-state index contributed by atoms with van der Waals surface area (Å²) in [6.07, 6.45) is 3.46. The lowest BCUT2D eigenvalue weighted by atomic mass is 9.91. The van der Waals surface area contributed by atoms with Gasteiger partial charge in [-0.2, -0.15) is 0 Å². The van der Waals surface area contributed by atoms with Gasteiger partial charge in [0.25, 0.3) is 5.91 Å². The number of hydrogen-bond acceptors (Lipinski definition) is 6. The molecule has 0 spiro atoms. The maximum Gasteiger partial charge on any atom is 0.254 e. The lowest BCUT2D eigenvalue weighted by Gasteiger charge is -2.44. The molecule has 1 fully saturated rings. The topological polar surface area (TPSA) is 71.5 Å². The molecule has 0 bridgehead atoms. The minimum absolute atomic E-state index is 0.00778. The fourth-order valence-corrected chi connectivity index (χ4v) is 4.20. The highest BCUT2D eigenvalue weighted by molar-refractivity contribution is 6.04. The Kier molecular flexibility index (Phi) is 9.95. The molecule has 0 aromatic heterocycles. The van der Waals surface area contributed by atoms with E-state index in [2.05, 4.69) is 26.6 Å². The average molecular weight is 420 g/mol. The molecule has 30 heavy (non-hydrogen) atoms. The maximum absolute atomic E-state index is 13.5. The lowest BCUT2D eigenvalue weighted by Crippen LogP contribution is -2.55. The van der Waals surface area contributed by atoms with E-state index in [0.29, 0.717) is 36.3 Å². The summed E-state index contributed by atoms with van der Waals surface area (Å²) >= 11 is 0. The van der Waals surface area contributed by atoms with Crippen LogP contribution >= 0.6 is 0 Å². The highest BCUT2D eigenvalue weighted by Crippen LogP contribution is 2.30. The number of nitrogens with zero attached hydrogens (tertiary/aromatic N) is 2. The molecule has 0 aliphatic carbocycles. The number of aliphatic hydroxyl groups is 1. The fourth-order valence-electron chi connectivity index (χ4n) is 4.20. The molecule has 168 valence electrons. The monoisotopic (exact) mass is 420 g/mol. The van der Waals surface area contributed by atoms with Crippen LogP contribution in [0.15, 0.2) is 18.2 Å². The van der Waals surface area contributed by atoms with Gasteiger partial charge in [-0.1, -0.05) is 0 Å². The first-order valence-electron chi connectivity index (χ1n) is 10.9. The van der Waals surface area contributed by atoms with E-state index in [0.717, 1.165) is 32.2 Å². The number of aliphatic hydroxyl groups excluding tert-OH is 1. The second-order valence-electron chi connectivity index (χ2n) is 8.20. The molecule has 1 amide bonds. The fraction of sp³-hybridized carbons (Fsp3) is 0.682. The van der Waals surface area contributed by atoms with Gasteiger partial charge in [0, 0.05) is 57.0 Å². The summed E-state index contributed by atoms with van der Waals surface area (Å²) in [6, 6.07) is 5.98. The number of rotatable bonds is 11. The van der Waals surface area contributed by atoms with Gasteiger partial charge in [0.05, 0.1) is 13.7 Å². The first-order chi connectivity index (χ1) is 14.4. The molecule has 0 saturated carbocycles. The van der Waals surface area contributed by atoms with Crippen molar-refractivity contribution in [3.05, 3.63) is 23.8 Å². The summed E-state index contributed by atoms with van der Waals surface area (Å²) < 4.78 is 16.3. The third kappa shape index (κ3) is 6.36. The van der Waals surface area contributed by atoms with Crippen LogP contribution in [0.1, 0.15) is 49.9 Å². The minimum atomic E-state index is 0.00778. The lowest BCUT2D eigenvalue weighted by molar-refractivity contribution is 0.0460. The van der Waals surface area contributed by atoms with E-state index in [1.54, 1.807) is 32.4 Å². The Bertz CT molecular complexity index is 673. The summed E-state index contributed by atoms with van der Waals surface area (Å²) in [5, 5.41) is 9.28. The van der Waals surface area contributed by atoms with Gasteiger partial charge >= 0.3 is 0 Å². The van der Waals surface area contributed by atoms with Crippen LogP contribution in [0.25, 0.3) is 0 Å². The van der Waals surface area contributed by atoms with Gasteiger partial charge in [-0.25, -0.2) is 0 Å². The zero-order valence-corrected chi connectivity index (χ0v) is 19.1. The summed E-state index contributed by atoms with van der Waals surface area (Å²) in [4.78, 5) is 17.7. The van der Waals surface area contributed by atoms with Gasteiger partial charge in [0.2, 0.25) is 0 Å². The number of carbonyl (C=O) groups is 1. The molecule has 2 unspecified atom stereocenters. The molecule has 1 saturated heterocycles. The average Bonchev–Trinajstić information content (AvgIpc) is 2.73. The Balaban J connectivity index is 2.16. The van der Waals surface area contributed by atoms with Gasteiger partial charge in [-0.05, 0) is 51.3 Å². The van der Waals surface area contributed by atoms with E-state index >= 15 is 0 Å². The van der Waals surface area contributed by atoms with Gasteiger partial charge < -0.3 is 29.0 Å². The molecular weight excluding hydrogens is 383 g/mol. The van der Waals surface area contributed by atoms with Crippen molar-refractivity contribution in [1.82, 2.24) is 9.71 Å². The molecule has 2 rings (SSSR count). The second kappa shape index (κ2) is 12.2. The van der Waals surface area contributed by atoms with Crippen molar-refractivity contribution in [3.8, 4) is 11.5 Å². The molecule has 1 N–H and O–H groups in total. The maximum atomic E-state index is 13.5. The zero-order valence-electron chi connectivity index (χ0n) is 19.1. The Morgan fingerprint density at radius 3 is 2.63 bits per heavy atom. The second-order valence-corrected chi connectivity index (χ2v) is 8.20. The first kappa shape index (κ1) is 24.5. The van der Waals surface area contributed by atoms with Crippen LogP contribution < -0.4 is 9.47 Å². The molecule has 0 radical (unpaired) electrons. The van der Waals surface area contributed by atoms with E-state index < -0.39 is 0 Å². The molecule has 1 aromatic rings. The predicted octanol–water partition coefficient (Wildman–Crippen LogP) is 1.72. The highest BCUT2D eigenvalue weighted by Gasteiger charge is 2.33. The molecular formula is C22H37BN2O5. The van der Waals surface area contributed by atoms with Crippen LogP contribution in [-0.2, 0) is 4.74 Å². The minimum Gasteiger partial charge on any atom is -0.493 e. The van der Waals surface area contributed by atoms with Crippen molar-refractivity contribution < 1.29 is 24.1 Å². The SMILES string of the molecule is BN1CC(N(C(=O)c2ccc(OC)c(OCCCOC)c2)C(C)C)CCC1CCO. The number of benzene rings is 1. The normalized spacial score (nSPS) is 19.7. The number of ether oxygens (including phenoxy) is 3. The summed E-state index contributed by atoms with van der Waals surface area (Å²) in [6.45, 7) is 6.24. The van der Waals surface area contributed by atoms with Crippen LogP contribution in [0.5, 0.6) is 11.5 Å². The number of amides is 1. The van der Waals surface area contributed by atoms with Crippen molar-refractivity contribution in [3.63, 3.8) is 0 Å². The van der Waals surface area contributed by atoms with Crippen molar-refractivity contribution in [2.75, 3.05) is 40.6 Å². The van der Waals surface area contributed by atoms with Crippen molar-refractivity contribution in [1.29, 1.82) is 0 Å². The van der Waals surface area contributed by atoms with Crippen molar-refractivity contribution in [2.45, 2.75) is 57.7 Å². The molecule has 1 aliphatic rings. The summed E-state index contributed by atoms with van der Waals surface area (Å²) in [5.74, 6) is 1.20. The summed E-state index contributed by atoms with van der Waals surface area (Å²) in [5.41, 5.74) is 0.603. The number of methoxy groups -OCH3 is 2. The number of piperidine rings is 1. The van der Waals surface area contributed by atoms with Crippen LogP contribution in [0.2, 0.25) is 0 Å². The zero-order chi connectivity index (χ0) is 22.1. The molecule has 1 heterocycles. The van der Waals surface area contributed by atoms with E-state index in [1.165, 1.54) is 0 Å². The Labute approximate surface area is 181 Å². The molecule has 2 atom stereocenters. The van der Waals surface area contributed by atoms with Crippen LogP contribution in [-0.4, -0.2) is 87.4 Å². The highest BCUT2D eigenvalue weighted by atomic mass is 16.5. The Morgan fingerprint density at radius 2 is 2.03 bits per heavy atom. The van der Waals surface area contributed by atoms with E-state index in [1.807, 2.05) is 4.90 Å². The molecule has 1 aliphatic heterocycles. The Hall–Kier alpha value is -1.77. The summed E-state index contributed by atoms with van der Waals surface area (Å²) in [7, 11) is 5.34. The van der Waals surface area contributed by atoms with Crippen LogP contribution in [0, 0.1) is 0 Å². The standard InChI is InChI=1S/C22H37BN2O5/c1-16(2)25(19-8-7-18(10-11-26)24(23)15-19)22(27)17-6-9-20(29-4)21(14-17)30-13-5-12-28-3/h6,9,14,16,18-19,26H,5,7-8,10-13,15,23H2,1-4H3. The van der Waals surface area contributed by atoms with Gasteiger partial charge in [-0.3, -0.25) is 4.79 Å². The molecule has 1 aromatic carbocycles. The predicted molar refractivity (Wildman–Crippen MR) is 120 cm³/mol. The quantitative estimate of drug-likeness (QED) is 0.434. The smallest absolute Gasteiger partial charge is 0.254 e. The number of carbonyl (C=O) groups excluding carboxylic acids is 1. The van der Waals surface area contributed by atoms with E-state index in [9.17, 15) is 9.90 Å². The third-order valence-electron chi connectivity index (χ3n) is 5.76. The van der Waals surface area contributed by atoms with Gasteiger partial charge in [-0.15, -0.1) is 0 Å². The van der Waals surface area contributed by atoms with Crippen molar-refractivity contribution >= 4 is 13.9 Å². The molecule has 7 nitrogen and oxygen atoms in total. The van der Waals surface area contributed by atoms with E-state index in [-0.39, 0.29) is 24.6 Å². The first-order valence-corrected chi connectivity index (χ1v) is 10.9. The Morgan fingerprint density at radius 1 is 1.27 bits per heavy atom. The van der Waals surface area contributed by atoms with Crippen LogP contribution in [0.4, 0.5) is 0 Å². The largest absolute Gasteiger partial charge is 0.493 e. The number of hydrogen-bond donors (Lipinski definition) is 1.